The van der Waals surface area contributed by atoms with Gasteiger partial charge in [0.2, 0.25) is 5.91 Å². The van der Waals surface area contributed by atoms with Crippen molar-refractivity contribution in [3.63, 3.8) is 0 Å². The van der Waals surface area contributed by atoms with E-state index in [1.807, 2.05) is 13.1 Å². The Labute approximate surface area is 131 Å². The minimum atomic E-state index is -0.357. The van der Waals surface area contributed by atoms with Gasteiger partial charge in [-0.2, -0.15) is 5.10 Å². The molecule has 0 aliphatic heterocycles. The molecule has 1 heterocycles. The Kier molecular flexibility index (Phi) is 4.01. The smallest absolute Gasteiger partial charge is 0.230 e. The van der Waals surface area contributed by atoms with Crippen LogP contribution in [0, 0.1) is 6.92 Å². The van der Waals surface area contributed by atoms with Gasteiger partial charge in [0, 0.05) is 13.2 Å². The fraction of sp³-hybridized carbons (Fsp3) is 0.444. The van der Waals surface area contributed by atoms with Crippen molar-refractivity contribution >= 4 is 5.91 Å². The number of carbonyl (C=O) groups excluding carboxylic acids is 1. The Morgan fingerprint density at radius 2 is 2.09 bits per heavy atom. The van der Waals surface area contributed by atoms with Gasteiger partial charge in [0.1, 0.15) is 0 Å². The number of amides is 1. The first kappa shape index (κ1) is 14.8. The minimum Gasteiger partial charge on any atom is -0.350 e. The maximum atomic E-state index is 12.9. The Morgan fingerprint density at radius 3 is 2.73 bits per heavy atom. The highest BCUT2D eigenvalue weighted by Gasteiger charge is 2.42. The molecular weight excluding hydrogens is 274 g/mol. The first-order valence-electron chi connectivity index (χ1n) is 7.94. The lowest BCUT2D eigenvalue weighted by Gasteiger charge is -2.28. The topological polar surface area (TPSA) is 46.9 Å². The molecule has 1 aromatic heterocycles. The van der Waals surface area contributed by atoms with E-state index < -0.39 is 0 Å². The van der Waals surface area contributed by atoms with Gasteiger partial charge in [-0.15, -0.1) is 0 Å². The molecule has 1 amide bonds. The van der Waals surface area contributed by atoms with E-state index in [1.54, 1.807) is 10.9 Å². The molecule has 4 heteroatoms. The molecule has 1 aliphatic carbocycles. The van der Waals surface area contributed by atoms with E-state index in [-0.39, 0.29) is 11.3 Å². The van der Waals surface area contributed by atoms with E-state index in [0.29, 0.717) is 6.54 Å². The lowest BCUT2D eigenvalue weighted by Crippen LogP contribution is -2.42. The van der Waals surface area contributed by atoms with Crippen molar-refractivity contribution < 1.29 is 4.79 Å². The molecule has 0 spiro atoms. The van der Waals surface area contributed by atoms with Gasteiger partial charge in [0.15, 0.2) is 0 Å². The summed E-state index contributed by atoms with van der Waals surface area (Å²) in [4.78, 5) is 12.9. The van der Waals surface area contributed by atoms with Crippen LogP contribution < -0.4 is 5.32 Å². The van der Waals surface area contributed by atoms with Gasteiger partial charge in [-0.1, -0.05) is 42.7 Å². The first-order valence-corrected chi connectivity index (χ1v) is 7.94. The molecule has 1 aliphatic rings. The van der Waals surface area contributed by atoms with Crippen molar-refractivity contribution in [2.75, 3.05) is 0 Å². The SMILES string of the molecule is Cc1cccc(C2(C(=O)NCc3ccnn3C)CCCC2)c1. The molecule has 0 radical (unpaired) electrons. The molecule has 0 saturated heterocycles. The van der Waals surface area contributed by atoms with Crippen LogP contribution in [-0.4, -0.2) is 15.7 Å². The largest absolute Gasteiger partial charge is 0.350 e. The summed E-state index contributed by atoms with van der Waals surface area (Å²) in [5, 5.41) is 7.27. The average Bonchev–Trinajstić information content (AvgIpc) is 3.15. The zero-order valence-electron chi connectivity index (χ0n) is 13.3. The van der Waals surface area contributed by atoms with Crippen LogP contribution in [0.5, 0.6) is 0 Å². The monoisotopic (exact) mass is 297 g/mol. The number of rotatable bonds is 4. The summed E-state index contributed by atoms with van der Waals surface area (Å²) in [6.07, 6.45) is 5.87. The molecule has 4 nitrogen and oxygen atoms in total. The molecule has 0 unspecified atom stereocenters. The van der Waals surface area contributed by atoms with Crippen LogP contribution in [0.1, 0.15) is 42.5 Å². The minimum absolute atomic E-state index is 0.150. The normalized spacial score (nSPS) is 16.6. The van der Waals surface area contributed by atoms with Crippen molar-refractivity contribution in [2.45, 2.75) is 44.6 Å². The van der Waals surface area contributed by atoms with Gasteiger partial charge >= 0.3 is 0 Å². The summed E-state index contributed by atoms with van der Waals surface area (Å²) >= 11 is 0. The highest BCUT2D eigenvalue weighted by molar-refractivity contribution is 5.88. The Balaban J connectivity index is 1.81. The zero-order chi connectivity index (χ0) is 15.6. The highest BCUT2D eigenvalue weighted by Crippen LogP contribution is 2.41. The van der Waals surface area contributed by atoms with Gasteiger partial charge in [-0.05, 0) is 31.4 Å². The van der Waals surface area contributed by atoms with Gasteiger partial charge in [0.05, 0.1) is 17.7 Å². The molecule has 116 valence electrons. The van der Waals surface area contributed by atoms with Crippen LogP contribution in [0.2, 0.25) is 0 Å². The van der Waals surface area contributed by atoms with Crippen LogP contribution in [0.15, 0.2) is 36.5 Å². The van der Waals surface area contributed by atoms with E-state index >= 15 is 0 Å². The molecule has 22 heavy (non-hydrogen) atoms. The predicted molar refractivity (Wildman–Crippen MR) is 86.4 cm³/mol. The third-order valence-corrected chi connectivity index (χ3v) is 4.81. The molecule has 1 saturated carbocycles. The van der Waals surface area contributed by atoms with Crippen LogP contribution >= 0.6 is 0 Å². The van der Waals surface area contributed by atoms with Crippen molar-refractivity contribution in [3.05, 3.63) is 53.3 Å². The molecule has 1 N–H and O–H groups in total. The lowest BCUT2D eigenvalue weighted by atomic mass is 9.77. The first-order chi connectivity index (χ1) is 10.6. The van der Waals surface area contributed by atoms with Crippen molar-refractivity contribution in [3.8, 4) is 0 Å². The van der Waals surface area contributed by atoms with Crippen molar-refractivity contribution in [2.24, 2.45) is 7.05 Å². The summed E-state index contributed by atoms with van der Waals surface area (Å²) in [6, 6.07) is 10.3. The average molecular weight is 297 g/mol. The second-order valence-electron chi connectivity index (χ2n) is 6.29. The second kappa shape index (κ2) is 5.95. The number of aryl methyl sites for hydroxylation is 2. The van der Waals surface area contributed by atoms with Crippen molar-refractivity contribution in [1.29, 1.82) is 0 Å². The number of hydrogen-bond donors (Lipinski definition) is 1. The maximum absolute atomic E-state index is 12.9. The van der Waals surface area contributed by atoms with Gasteiger partial charge < -0.3 is 5.32 Å². The summed E-state index contributed by atoms with van der Waals surface area (Å²) in [6.45, 7) is 2.61. The molecule has 1 aromatic carbocycles. The van der Waals surface area contributed by atoms with E-state index in [2.05, 4.69) is 41.6 Å². The van der Waals surface area contributed by atoms with E-state index in [4.69, 9.17) is 0 Å². The number of nitrogens with zero attached hydrogens (tertiary/aromatic N) is 2. The van der Waals surface area contributed by atoms with Gasteiger partial charge in [-0.3, -0.25) is 9.48 Å². The quantitative estimate of drug-likeness (QED) is 0.943. The van der Waals surface area contributed by atoms with Crippen LogP contribution in [-0.2, 0) is 23.8 Å². The fourth-order valence-corrected chi connectivity index (χ4v) is 3.48. The zero-order valence-corrected chi connectivity index (χ0v) is 13.3. The van der Waals surface area contributed by atoms with Crippen molar-refractivity contribution in [1.82, 2.24) is 15.1 Å². The number of aromatic nitrogens is 2. The molecule has 1 fully saturated rings. The summed E-state index contributed by atoms with van der Waals surface area (Å²) < 4.78 is 1.80. The van der Waals surface area contributed by atoms with Crippen LogP contribution in [0.4, 0.5) is 0 Å². The predicted octanol–water partition coefficient (Wildman–Crippen LogP) is 2.86. The molecule has 0 atom stereocenters. The number of hydrogen-bond acceptors (Lipinski definition) is 2. The third kappa shape index (κ3) is 2.65. The lowest BCUT2D eigenvalue weighted by molar-refractivity contribution is -0.126. The number of nitrogens with one attached hydrogen (secondary N) is 1. The van der Waals surface area contributed by atoms with Gasteiger partial charge in [-0.25, -0.2) is 0 Å². The number of benzene rings is 1. The second-order valence-corrected chi connectivity index (χ2v) is 6.29. The molecule has 0 bridgehead atoms. The van der Waals surface area contributed by atoms with Crippen LogP contribution in [0.25, 0.3) is 0 Å². The van der Waals surface area contributed by atoms with E-state index in [0.717, 1.165) is 36.9 Å². The molecular formula is C18H23N3O. The fourth-order valence-electron chi connectivity index (χ4n) is 3.48. The summed E-state index contributed by atoms with van der Waals surface area (Å²) in [5.74, 6) is 0.150. The molecule has 3 rings (SSSR count). The Hall–Kier alpha value is -2.10. The van der Waals surface area contributed by atoms with E-state index in [1.165, 1.54) is 5.56 Å². The highest BCUT2D eigenvalue weighted by atomic mass is 16.2. The third-order valence-electron chi connectivity index (χ3n) is 4.81. The standard InChI is InChI=1S/C18H23N3O/c1-14-6-5-7-15(12-14)18(9-3-4-10-18)17(22)19-13-16-8-11-20-21(16)2/h5-8,11-12H,3-4,9-10,13H2,1-2H3,(H,19,22). The van der Waals surface area contributed by atoms with Crippen LogP contribution in [0.3, 0.4) is 0 Å². The molecule has 2 aromatic rings. The Morgan fingerprint density at radius 1 is 1.32 bits per heavy atom. The number of carbonyl (C=O) groups is 1. The maximum Gasteiger partial charge on any atom is 0.230 e. The van der Waals surface area contributed by atoms with E-state index in [9.17, 15) is 4.79 Å². The summed E-state index contributed by atoms with van der Waals surface area (Å²) in [5.41, 5.74) is 3.03. The van der Waals surface area contributed by atoms with Gasteiger partial charge in [0.25, 0.3) is 0 Å². The summed E-state index contributed by atoms with van der Waals surface area (Å²) in [7, 11) is 1.90. The Bertz CT molecular complexity index is 668.